The van der Waals surface area contributed by atoms with Gasteiger partial charge in [-0.2, -0.15) is 0 Å². The molecule has 2 aromatic heterocycles. The van der Waals surface area contributed by atoms with Crippen molar-refractivity contribution in [3.63, 3.8) is 0 Å². The summed E-state index contributed by atoms with van der Waals surface area (Å²) in [5, 5.41) is 2.47. The highest BCUT2D eigenvalue weighted by Crippen LogP contribution is 2.57. The second-order valence-corrected chi connectivity index (χ2v) is 8.96. The van der Waals surface area contributed by atoms with Gasteiger partial charge in [-0.25, -0.2) is 9.97 Å². The van der Waals surface area contributed by atoms with Crippen LogP contribution in [-0.4, -0.2) is 9.97 Å². The van der Waals surface area contributed by atoms with Crippen LogP contribution in [0.15, 0.2) is 84.9 Å². The van der Waals surface area contributed by atoms with Gasteiger partial charge in [0.05, 0.1) is 22.4 Å². The van der Waals surface area contributed by atoms with E-state index in [2.05, 4.69) is 78.9 Å². The number of hydrogen-bond acceptors (Lipinski definition) is 2. The van der Waals surface area contributed by atoms with Crippen LogP contribution in [0.1, 0.15) is 42.2 Å². The Labute approximate surface area is 181 Å². The maximum Gasteiger partial charge on any atom is 0.0975 e. The van der Waals surface area contributed by atoms with Gasteiger partial charge >= 0.3 is 0 Å². The fraction of sp³-hybridized carbons (Fsp3) is 0.172. The molecular formula is C29H22N2. The van der Waals surface area contributed by atoms with Crippen LogP contribution in [0, 0.1) is 0 Å². The highest BCUT2D eigenvalue weighted by Gasteiger charge is 2.40. The second-order valence-electron chi connectivity index (χ2n) is 8.96. The Morgan fingerprint density at radius 1 is 0.581 bits per heavy atom. The van der Waals surface area contributed by atoms with Gasteiger partial charge in [0.15, 0.2) is 0 Å². The molecule has 2 nitrogen and oxygen atoms in total. The minimum absolute atomic E-state index is 0.659. The lowest BCUT2D eigenvalue weighted by Crippen LogP contribution is -2.05. The van der Waals surface area contributed by atoms with E-state index in [1.54, 1.807) is 5.56 Å². The van der Waals surface area contributed by atoms with Crippen LogP contribution in [0.25, 0.3) is 44.3 Å². The fourth-order valence-electron chi connectivity index (χ4n) is 5.89. The molecule has 0 N–H and O–H groups in total. The minimum atomic E-state index is 0.659. The zero-order valence-corrected chi connectivity index (χ0v) is 17.3. The van der Waals surface area contributed by atoms with E-state index in [9.17, 15) is 0 Å². The molecule has 0 spiro atoms. The molecular weight excluding hydrogens is 376 g/mol. The molecule has 2 bridgehead atoms. The third-order valence-corrected chi connectivity index (χ3v) is 7.26. The Balaban J connectivity index is 1.58. The van der Waals surface area contributed by atoms with Gasteiger partial charge in [0, 0.05) is 21.9 Å². The number of fused-ring (bicyclic) bond motifs is 9. The smallest absolute Gasteiger partial charge is 0.0975 e. The van der Waals surface area contributed by atoms with Crippen molar-refractivity contribution in [2.75, 3.05) is 0 Å². The van der Waals surface area contributed by atoms with Crippen molar-refractivity contribution in [3.05, 3.63) is 96.1 Å². The molecule has 5 aromatic rings. The van der Waals surface area contributed by atoms with E-state index in [0.29, 0.717) is 11.8 Å². The first-order valence-electron chi connectivity index (χ1n) is 11.2. The molecule has 2 unspecified atom stereocenters. The summed E-state index contributed by atoms with van der Waals surface area (Å²) < 4.78 is 0. The highest BCUT2D eigenvalue weighted by atomic mass is 14.8. The average Bonchev–Trinajstić information content (AvgIpc) is 3.47. The van der Waals surface area contributed by atoms with Crippen LogP contribution >= 0.6 is 0 Å². The van der Waals surface area contributed by atoms with Gasteiger partial charge in [0.1, 0.15) is 0 Å². The molecule has 7 rings (SSSR count). The van der Waals surface area contributed by atoms with Crippen molar-refractivity contribution in [1.82, 2.24) is 9.97 Å². The first kappa shape index (κ1) is 17.2. The number of hydrogen-bond donors (Lipinski definition) is 0. The van der Waals surface area contributed by atoms with Gasteiger partial charge in [-0.3, -0.25) is 0 Å². The van der Waals surface area contributed by atoms with Crippen LogP contribution in [-0.2, 0) is 0 Å². The molecule has 2 heteroatoms. The molecule has 1 saturated carbocycles. The molecule has 2 heterocycles. The van der Waals surface area contributed by atoms with Crippen LogP contribution in [0.5, 0.6) is 0 Å². The first-order valence-corrected chi connectivity index (χ1v) is 11.2. The predicted molar refractivity (Wildman–Crippen MR) is 127 cm³/mol. The summed E-state index contributed by atoms with van der Waals surface area (Å²) in [6, 6.07) is 30.0. The largest absolute Gasteiger partial charge is 0.245 e. The Hall–Kier alpha value is -3.52. The van der Waals surface area contributed by atoms with Gasteiger partial charge in [0.2, 0.25) is 0 Å². The van der Waals surface area contributed by atoms with Crippen molar-refractivity contribution in [1.29, 1.82) is 0 Å². The summed E-state index contributed by atoms with van der Waals surface area (Å²) in [5.41, 5.74) is 9.68. The van der Waals surface area contributed by atoms with Crippen molar-refractivity contribution in [2.45, 2.75) is 31.1 Å². The van der Waals surface area contributed by atoms with Gasteiger partial charge in [-0.15, -0.1) is 0 Å². The molecule has 0 saturated heterocycles. The van der Waals surface area contributed by atoms with Crippen LogP contribution < -0.4 is 0 Å². The Morgan fingerprint density at radius 2 is 1.26 bits per heavy atom. The monoisotopic (exact) mass is 398 g/mol. The summed E-state index contributed by atoms with van der Waals surface area (Å²) in [5.74, 6) is 1.33. The predicted octanol–water partition coefficient (Wildman–Crippen LogP) is 7.48. The highest BCUT2D eigenvalue weighted by molar-refractivity contribution is 6.06. The molecule has 31 heavy (non-hydrogen) atoms. The van der Waals surface area contributed by atoms with Crippen molar-refractivity contribution >= 4 is 21.8 Å². The molecule has 1 fully saturated rings. The van der Waals surface area contributed by atoms with E-state index in [1.807, 2.05) is 6.07 Å². The SMILES string of the molecule is c1ccc(-c2ccc3ccc4c5c(c(-c6ccccc6)nc4c3n2)C2CCC5C2)cc1. The molecule has 0 aliphatic heterocycles. The van der Waals surface area contributed by atoms with E-state index < -0.39 is 0 Å². The number of aromatic nitrogens is 2. The van der Waals surface area contributed by atoms with E-state index in [4.69, 9.17) is 9.97 Å². The van der Waals surface area contributed by atoms with E-state index in [1.165, 1.54) is 41.5 Å². The normalized spacial score (nSPS) is 19.2. The molecule has 148 valence electrons. The average molecular weight is 399 g/mol. The lowest BCUT2D eigenvalue weighted by molar-refractivity contribution is 0.720. The fourth-order valence-corrected chi connectivity index (χ4v) is 5.89. The molecule has 0 amide bonds. The van der Waals surface area contributed by atoms with Crippen LogP contribution in [0.4, 0.5) is 0 Å². The van der Waals surface area contributed by atoms with Crippen molar-refractivity contribution < 1.29 is 0 Å². The lowest BCUT2D eigenvalue weighted by Gasteiger charge is -2.21. The Kier molecular flexibility index (Phi) is 3.60. The third kappa shape index (κ3) is 2.51. The van der Waals surface area contributed by atoms with Gasteiger partial charge < -0.3 is 0 Å². The zero-order valence-electron chi connectivity index (χ0n) is 17.3. The number of benzene rings is 3. The summed E-state index contributed by atoms with van der Waals surface area (Å²) in [6.07, 6.45) is 3.89. The van der Waals surface area contributed by atoms with Crippen LogP contribution in [0.3, 0.4) is 0 Å². The van der Waals surface area contributed by atoms with Crippen molar-refractivity contribution in [2.24, 2.45) is 0 Å². The zero-order chi connectivity index (χ0) is 20.4. The molecule has 2 atom stereocenters. The minimum Gasteiger partial charge on any atom is -0.245 e. The second kappa shape index (κ2) is 6.49. The van der Waals surface area contributed by atoms with E-state index in [-0.39, 0.29) is 0 Å². The van der Waals surface area contributed by atoms with Gasteiger partial charge in [-0.05, 0) is 48.3 Å². The Morgan fingerprint density at radius 3 is 2.03 bits per heavy atom. The molecule has 2 aliphatic carbocycles. The van der Waals surface area contributed by atoms with E-state index in [0.717, 1.165) is 27.7 Å². The number of rotatable bonds is 2. The molecule has 0 radical (unpaired) electrons. The Bertz CT molecular complexity index is 1450. The van der Waals surface area contributed by atoms with Gasteiger partial charge in [0.25, 0.3) is 0 Å². The summed E-state index contributed by atoms with van der Waals surface area (Å²) in [7, 11) is 0. The maximum absolute atomic E-state index is 5.34. The summed E-state index contributed by atoms with van der Waals surface area (Å²) in [4.78, 5) is 10.5. The maximum atomic E-state index is 5.34. The summed E-state index contributed by atoms with van der Waals surface area (Å²) >= 11 is 0. The molecule has 2 aliphatic rings. The van der Waals surface area contributed by atoms with Gasteiger partial charge in [-0.1, -0.05) is 78.9 Å². The standard InChI is InChI=1S/C29H22N2/c1-3-7-18(8-4-1)24-16-14-20-13-15-23-25-21-11-12-22(17-21)26(25)27(19-9-5-2-6-10-19)31-29(23)28(20)30-24/h1-10,13-16,21-22H,11-12,17H2. The lowest BCUT2D eigenvalue weighted by atomic mass is 9.86. The number of pyridine rings is 2. The molecule has 3 aromatic carbocycles. The van der Waals surface area contributed by atoms with Crippen LogP contribution in [0.2, 0.25) is 0 Å². The summed E-state index contributed by atoms with van der Waals surface area (Å²) in [6.45, 7) is 0. The van der Waals surface area contributed by atoms with E-state index >= 15 is 0 Å². The third-order valence-electron chi connectivity index (χ3n) is 7.26. The topological polar surface area (TPSA) is 25.8 Å². The first-order chi connectivity index (χ1) is 15.4. The van der Waals surface area contributed by atoms with Crippen molar-refractivity contribution in [3.8, 4) is 22.5 Å². The quantitative estimate of drug-likeness (QED) is 0.288. The number of nitrogens with zero attached hydrogens (tertiary/aromatic N) is 2.